The van der Waals surface area contributed by atoms with Crippen LogP contribution in [0.1, 0.15) is 86.6 Å². The summed E-state index contributed by atoms with van der Waals surface area (Å²) in [5.41, 5.74) is -1.23. The van der Waals surface area contributed by atoms with Crippen molar-refractivity contribution in [3.05, 3.63) is 29.8 Å². The number of amides is 2. The molecule has 4 rings (SSSR count). The average molecular weight is 804 g/mol. The Morgan fingerprint density at radius 1 is 1.05 bits per heavy atom. The predicted octanol–water partition coefficient (Wildman–Crippen LogP) is 5.14. The topological polar surface area (TPSA) is 179 Å². The van der Waals surface area contributed by atoms with Crippen molar-refractivity contribution in [2.45, 2.75) is 142 Å². The zero-order valence-electron chi connectivity index (χ0n) is 35.7. The number of benzene rings is 1. The number of carbonyl (C=O) groups is 5. The molecule has 0 saturated carbocycles. The molecular formula is C42H65N3O12. The zero-order valence-corrected chi connectivity index (χ0v) is 35.7. The molecule has 2 N–H and O–H groups in total. The number of nitrogens with zero attached hydrogens (tertiary/aromatic N) is 2. The first-order chi connectivity index (χ1) is 26.7. The summed E-state index contributed by atoms with van der Waals surface area (Å²) in [6.45, 7) is 15.6. The fourth-order valence-electron chi connectivity index (χ4n) is 8.99. The van der Waals surface area contributed by atoms with Crippen LogP contribution in [0.5, 0.6) is 0 Å². The largest absolute Gasteiger partial charge is 0.458 e. The van der Waals surface area contributed by atoms with E-state index in [4.69, 9.17) is 28.4 Å². The average Bonchev–Trinajstić information content (AvgIpc) is 3.42. The van der Waals surface area contributed by atoms with E-state index in [9.17, 15) is 29.1 Å². The summed E-state index contributed by atoms with van der Waals surface area (Å²) in [6, 6.07) is 6.08. The van der Waals surface area contributed by atoms with Crippen LogP contribution in [-0.4, -0.2) is 133 Å². The van der Waals surface area contributed by atoms with Crippen LogP contribution < -0.4 is 5.32 Å². The van der Waals surface area contributed by atoms with Gasteiger partial charge in [-0.05, 0) is 92.1 Å². The first-order valence-electron chi connectivity index (χ1n) is 20.2. The molecule has 15 heteroatoms. The molecule has 13 atom stereocenters. The standard InChI is InChI=1S/C42H65N3O12/c1-13-31-42(9)35(45(40(51)57-42)18-15-19-53-39(50)43-29-17-14-16-23(2)20-29)26(5)32(46)24(3)22-41(8,52-12)36(27(6)33(47)28(7)37(49)55-31)56-38-34(48)30(44(10)11)21-25(4)54-38/h14,16-17,20,24-28,30-31,34-36,38,48H,13,15,18-19,21-22H2,1-12H3,(H,43,50)/t24-,25-,26+,27+,28-,30+,31?,34-,35-,36-,38+,41-,42-/m1/s1. The Kier molecular flexibility index (Phi) is 15.3. The summed E-state index contributed by atoms with van der Waals surface area (Å²) in [4.78, 5) is 72.4. The van der Waals surface area contributed by atoms with Crippen molar-refractivity contribution in [3.63, 3.8) is 0 Å². The van der Waals surface area contributed by atoms with Gasteiger partial charge in [0.2, 0.25) is 0 Å². The van der Waals surface area contributed by atoms with Crippen molar-refractivity contribution in [1.82, 2.24) is 9.80 Å². The van der Waals surface area contributed by atoms with Gasteiger partial charge in [0, 0.05) is 43.1 Å². The highest BCUT2D eigenvalue weighted by atomic mass is 16.7. The first kappa shape index (κ1) is 46.1. The molecule has 3 aliphatic rings. The highest BCUT2D eigenvalue weighted by molar-refractivity contribution is 6.00. The summed E-state index contributed by atoms with van der Waals surface area (Å²) < 4.78 is 36.4. The molecule has 0 radical (unpaired) electrons. The Morgan fingerprint density at radius 3 is 2.35 bits per heavy atom. The number of aryl methyl sites for hydroxylation is 1. The van der Waals surface area contributed by atoms with Crippen molar-refractivity contribution < 1.29 is 57.5 Å². The van der Waals surface area contributed by atoms with Gasteiger partial charge >= 0.3 is 18.2 Å². The van der Waals surface area contributed by atoms with Crippen LogP contribution in [-0.2, 0) is 42.8 Å². The third-order valence-electron chi connectivity index (χ3n) is 12.2. The van der Waals surface area contributed by atoms with Gasteiger partial charge in [0.1, 0.15) is 23.9 Å². The molecule has 1 aromatic rings. The molecule has 3 heterocycles. The van der Waals surface area contributed by atoms with Crippen molar-refractivity contribution in [3.8, 4) is 0 Å². The highest BCUT2D eigenvalue weighted by Gasteiger charge is 2.60. The number of fused-ring (bicyclic) bond motifs is 1. The minimum absolute atomic E-state index is 0.0331. The fraction of sp³-hybridized carbons (Fsp3) is 0.738. The quantitative estimate of drug-likeness (QED) is 0.138. The number of anilines is 1. The van der Waals surface area contributed by atoms with Crippen LogP contribution in [0.15, 0.2) is 24.3 Å². The maximum absolute atomic E-state index is 14.6. The van der Waals surface area contributed by atoms with Crippen LogP contribution >= 0.6 is 0 Å². The van der Waals surface area contributed by atoms with Crippen molar-refractivity contribution >= 4 is 35.4 Å². The summed E-state index contributed by atoms with van der Waals surface area (Å²) >= 11 is 0. The van der Waals surface area contributed by atoms with Crippen molar-refractivity contribution in [1.29, 1.82) is 0 Å². The number of aliphatic hydroxyl groups excluding tert-OH is 1. The Morgan fingerprint density at radius 2 is 1.74 bits per heavy atom. The molecule has 15 nitrogen and oxygen atoms in total. The number of hydrogen-bond acceptors (Lipinski definition) is 13. The molecule has 1 unspecified atom stereocenters. The number of cyclic esters (lactones) is 1. The molecular weight excluding hydrogens is 738 g/mol. The molecule has 0 aliphatic carbocycles. The number of rotatable bonds is 10. The summed E-state index contributed by atoms with van der Waals surface area (Å²) in [5, 5.41) is 14.1. The van der Waals surface area contributed by atoms with E-state index in [1.54, 1.807) is 47.6 Å². The van der Waals surface area contributed by atoms with E-state index < -0.39 is 89.5 Å². The van der Waals surface area contributed by atoms with E-state index in [0.717, 1.165) is 5.56 Å². The van der Waals surface area contributed by atoms with Gasteiger partial charge in [-0.3, -0.25) is 19.7 Å². The maximum atomic E-state index is 14.6. The number of carbonyl (C=O) groups excluding carboxylic acids is 5. The van der Waals surface area contributed by atoms with Gasteiger partial charge in [-0.2, -0.15) is 0 Å². The first-order valence-corrected chi connectivity index (χ1v) is 20.2. The molecule has 0 spiro atoms. The lowest BCUT2D eigenvalue weighted by Crippen LogP contribution is -2.60. The van der Waals surface area contributed by atoms with Gasteiger partial charge in [-0.15, -0.1) is 0 Å². The number of Topliss-reactive ketones (excluding diaryl/α,β-unsaturated/α-hetero) is 2. The van der Waals surface area contributed by atoms with E-state index in [-0.39, 0.29) is 50.3 Å². The molecule has 1 aromatic carbocycles. The Bertz CT molecular complexity index is 1610. The van der Waals surface area contributed by atoms with Crippen LogP contribution in [0.4, 0.5) is 15.3 Å². The van der Waals surface area contributed by atoms with Crippen LogP contribution in [0.25, 0.3) is 0 Å². The maximum Gasteiger partial charge on any atom is 0.411 e. The SMILES string of the molecule is CCC1OC(=O)[C@H](C)C(=O)[C@H](C)[C@@H](O[C@@H]2O[C@H](C)C[C@H](N(C)C)[C@H]2O)[C@](C)(OC)C[C@@H](C)C(=O)[C@H](C)[C@H]2N(CCCOC(=O)Nc3cccc(C)c3)C(=O)O[C@]12C. The second-order valence-electron chi connectivity index (χ2n) is 16.9. The van der Waals surface area contributed by atoms with Crippen molar-refractivity contribution in [2.24, 2.45) is 23.7 Å². The van der Waals surface area contributed by atoms with Gasteiger partial charge in [-0.25, -0.2) is 9.59 Å². The highest BCUT2D eigenvalue weighted by Crippen LogP contribution is 2.43. The number of ketones is 2. The van der Waals surface area contributed by atoms with Gasteiger partial charge in [-0.1, -0.05) is 39.8 Å². The molecule has 57 heavy (non-hydrogen) atoms. The normalized spacial score (nSPS) is 36.9. The van der Waals surface area contributed by atoms with Gasteiger partial charge in [0.25, 0.3) is 0 Å². The number of hydrogen-bond donors (Lipinski definition) is 2. The Balaban J connectivity index is 1.66. The molecule has 3 saturated heterocycles. The molecule has 0 aromatic heterocycles. The number of likely N-dealkylation sites (N-methyl/N-ethyl adjacent to an activating group) is 1. The zero-order chi connectivity index (χ0) is 42.6. The lowest BCUT2D eigenvalue weighted by atomic mass is 9.73. The van der Waals surface area contributed by atoms with E-state index in [2.05, 4.69) is 5.32 Å². The van der Waals surface area contributed by atoms with Crippen LogP contribution in [0.3, 0.4) is 0 Å². The molecule has 3 fully saturated rings. The minimum atomic E-state index is -1.48. The molecule has 2 amide bonds. The lowest BCUT2D eigenvalue weighted by Gasteiger charge is -2.47. The smallest absolute Gasteiger partial charge is 0.411 e. The number of esters is 1. The monoisotopic (exact) mass is 803 g/mol. The number of nitrogens with one attached hydrogen (secondary N) is 1. The second kappa shape index (κ2) is 19.0. The van der Waals surface area contributed by atoms with Gasteiger partial charge in [0.15, 0.2) is 17.7 Å². The summed E-state index contributed by atoms with van der Waals surface area (Å²) in [6.07, 6.45) is -4.87. The minimum Gasteiger partial charge on any atom is -0.458 e. The van der Waals surface area contributed by atoms with Gasteiger partial charge in [0.05, 0.1) is 30.5 Å². The Hall–Kier alpha value is -3.63. The fourth-order valence-corrected chi connectivity index (χ4v) is 8.99. The lowest BCUT2D eigenvalue weighted by molar-refractivity contribution is -0.295. The summed E-state index contributed by atoms with van der Waals surface area (Å²) in [5.74, 6) is -5.29. The van der Waals surface area contributed by atoms with Gasteiger partial charge < -0.3 is 43.3 Å². The van der Waals surface area contributed by atoms with Crippen LogP contribution in [0.2, 0.25) is 0 Å². The third-order valence-corrected chi connectivity index (χ3v) is 12.2. The second-order valence-corrected chi connectivity index (χ2v) is 16.9. The molecule has 0 bridgehead atoms. The van der Waals surface area contributed by atoms with Crippen LogP contribution in [0, 0.1) is 30.6 Å². The van der Waals surface area contributed by atoms with E-state index in [1.165, 1.54) is 18.9 Å². The number of methoxy groups -OCH3 is 1. The predicted molar refractivity (Wildman–Crippen MR) is 210 cm³/mol. The molecule has 320 valence electrons. The number of ether oxygens (including phenoxy) is 6. The number of aliphatic hydroxyl groups is 1. The van der Waals surface area contributed by atoms with Crippen molar-refractivity contribution in [2.75, 3.05) is 39.7 Å². The summed E-state index contributed by atoms with van der Waals surface area (Å²) in [7, 11) is 5.18. The molecule has 3 aliphatic heterocycles. The van der Waals surface area contributed by atoms with E-state index in [1.807, 2.05) is 51.0 Å². The van der Waals surface area contributed by atoms with E-state index >= 15 is 0 Å². The Labute approximate surface area is 337 Å². The van der Waals surface area contributed by atoms with E-state index in [0.29, 0.717) is 12.1 Å². The third kappa shape index (κ3) is 10.2.